The first-order valence-electron chi connectivity index (χ1n) is 7.46. The summed E-state index contributed by atoms with van der Waals surface area (Å²) in [5.74, 6) is -0.190. The lowest BCUT2D eigenvalue weighted by molar-refractivity contribution is 0.130. The van der Waals surface area contributed by atoms with Gasteiger partial charge in [-0.05, 0) is 46.0 Å². The molecule has 0 radical (unpaired) electrons. The van der Waals surface area contributed by atoms with Gasteiger partial charge < -0.3 is 15.5 Å². The van der Waals surface area contributed by atoms with Gasteiger partial charge in [0.15, 0.2) is 0 Å². The molecule has 2 rings (SSSR count). The first-order chi connectivity index (χ1) is 9.58. The van der Waals surface area contributed by atoms with Crippen LogP contribution in [-0.4, -0.2) is 49.6 Å². The van der Waals surface area contributed by atoms with Gasteiger partial charge in [-0.3, -0.25) is 0 Å². The van der Waals surface area contributed by atoms with Crippen LogP contribution in [-0.2, 0) is 0 Å². The van der Waals surface area contributed by atoms with Crippen LogP contribution in [0, 0.1) is 5.82 Å². The summed E-state index contributed by atoms with van der Waals surface area (Å²) in [6.45, 7) is 3.17. The zero-order chi connectivity index (χ0) is 14.5. The van der Waals surface area contributed by atoms with Gasteiger partial charge >= 0.3 is 0 Å². The second-order valence-electron chi connectivity index (χ2n) is 5.98. The molecule has 1 aromatic carbocycles. The summed E-state index contributed by atoms with van der Waals surface area (Å²) < 4.78 is 13.7. The number of hydrogen-bond donors (Lipinski definition) is 1. The molecule has 2 N–H and O–H groups in total. The van der Waals surface area contributed by atoms with Crippen molar-refractivity contribution in [3.63, 3.8) is 0 Å². The summed E-state index contributed by atoms with van der Waals surface area (Å²) in [6.07, 6.45) is 3.31. The van der Waals surface area contributed by atoms with E-state index in [9.17, 15) is 4.39 Å². The largest absolute Gasteiger partial charge is 0.324 e. The zero-order valence-corrected chi connectivity index (χ0v) is 12.6. The van der Waals surface area contributed by atoms with Crippen LogP contribution >= 0.6 is 0 Å². The Hall–Kier alpha value is -0.970. The lowest BCUT2D eigenvalue weighted by atomic mass is 10.0. The molecule has 4 heteroatoms. The summed E-state index contributed by atoms with van der Waals surface area (Å²) in [5, 5.41) is 0. The van der Waals surface area contributed by atoms with E-state index in [4.69, 9.17) is 5.73 Å². The smallest absolute Gasteiger partial charge is 0.127 e. The highest BCUT2D eigenvalue weighted by Crippen LogP contribution is 2.20. The number of nitrogens with two attached hydrogens (primary N) is 1. The van der Waals surface area contributed by atoms with Crippen LogP contribution < -0.4 is 5.73 Å². The lowest BCUT2D eigenvalue weighted by Crippen LogP contribution is -2.45. The van der Waals surface area contributed by atoms with Gasteiger partial charge in [0.05, 0.1) is 0 Å². The van der Waals surface area contributed by atoms with Gasteiger partial charge in [0.25, 0.3) is 0 Å². The molecule has 0 amide bonds. The van der Waals surface area contributed by atoms with E-state index in [0.717, 1.165) is 26.1 Å². The number of benzene rings is 1. The fraction of sp³-hybridized carbons (Fsp3) is 0.625. The van der Waals surface area contributed by atoms with E-state index in [1.807, 2.05) is 6.07 Å². The van der Waals surface area contributed by atoms with Crippen LogP contribution in [0.4, 0.5) is 4.39 Å². The summed E-state index contributed by atoms with van der Waals surface area (Å²) in [5.41, 5.74) is 6.76. The molecule has 1 saturated heterocycles. The fourth-order valence-corrected chi connectivity index (χ4v) is 2.91. The summed E-state index contributed by atoms with van der Waals surface area (Å²) in [6, 6.07) is 7.25. The minimum atomic E-state index is -0.212. The van der Waals surface area contributed by atoms with Gasteiger partial charge in [0, 0.05) is 30.7 Å². The Morgan fingerprint density at radius 2 is 2.15 bits per heavy atom. The zero-order valence-electron chi connectivity index (χ0n) is 12.6. The van der Waals surface area contributed by atoms with Crippen molar-refractivity contribution >= 4 is 0 Å². The van der Waals surface area contributed by atoms with E-state index in [-0.39, 0.29) is 11.9 Å². The molecule has 112 valence electrons. The Kier molecular flexibility index (Phi) is 5.52. The quantitative estimate of drug-likeness (QED) is 0.897. The summed E-state index contributed by atoms with van der Waals surface area (Å²) in [7, 11) is 4.28. The minimum absolute atomic E-state index is 0.190. The minimum Gasteiger partial charge on any atom is -0.324 e. The van der Waals surface area contributed by atoms with Gasteiger partial charge in [0.1, 0.15) is 5.82 Å². The standard InChI is InChI=1S/C16H26FN3/c1-19(2)13-6-5-10-20(12-13)11-9-16(18)14-7-3-4-8-15(14)17/h3-4,7-8,13,16H,5-6,9-12,18H2,1-2H3. The van der Waals surface area contributed by atoms with Crippen LogP contribution in [0.15, 0.2) is 24.3 Å². The molecule has 0 aliphatic carbocycles. The SMILES string of the molecule is CN(C)C1CCCN(CCC(N)c2ccccc2F)C1. The van der Waals surface area contributed by atoms with Gasteiger partial charge in [-0.15, -0.1) is 0 Å². The van der Waals surface area contributed by atoms with Crippen LogP contribution in [0.25, 0.3) is 0 Å². The van der Waals surface area contributed by atoms with Crippen molar-refractivity contribution < 1.29 is 4.39 Å². The van der Waals surface area contributed by atoms with Gasteiger partial charge in [0.2, 0.25) is 0 Å². The van der Waals surface area contributed by atoms with Crippen molar-refractivity contribution in [2.24, 2.45) is 5.73 Å². The summed E-state index contributed by atoms with van der Waals surface area (Å²) >= 11 is 0. The molecule has 1 aromatic rings. The number of nitrogens with zero attached hydrogens (tertiary/aromatic N) is 2. The van der Waals surface area contributed by atoms with E-state index in [1.54, 1.807) is 12.1 Å². The third kappa shape index (κ3) is 4.01. The Morgan fingerprint density at radius 1 is 1.40 bits per heavy atom. The monoisotopic (exact) mass is 279 g/mol. The Morgan fingerprint density at radius 3 is 2.85 bits per heavy atom. The predicted molar refractivity (Wildman–Crippen MR) is 81.1 cm³/mol. The van der Waals surface area contributed by atoms with Crippen LogP contribution in [0.5, 0.6) is 0 Å². The third-order valence-corrected chi connectivity index (χ3v) is 4.27. The Labute approximate surface area is 121 Å². The van der Waals surface area contributed by atoms with Crippen LogP contribution in [0.2, 0.25) is 0 Å². The number of halogens is 1. The molecule has 3 nitrogen and oxygen atoms in total. The maximum absolute atomic E-state index is 13.7. The van der Waals surface area contributed by atoms with Crippen molar-refractivity contribution in [1.82, 2.24) is 9.80 Å². The molecule has 1 heterocycles. The van der Waals surface area contributed by atoms with Crippen molar-refractivity contribution in [3.05, 3.63) is 35.6 Å². The first-order valence-corrected chi connectivity index (χ1v) is 7.46. The van der Waals surface area contributed by atoms with Gasteiger partial charge in [-0.25, -0.2) is 4.39 Å². The highest BCUT2D eigenvalue weighted by atomic mass is 19.1. The maximum atomic E-state index is 13.7. The lowest BCUT2D eigenvalue weighted by Gasteiger charge is -2.36. The molecule has 2 unspecified atom stereocenters. The van der Waals surface area contributed by atoms with E-state index in [1.165, 1.54) is 18.9 Å². The Balaban J connectivity index is 1.84. The second kappa shape index (κ2) is 7.16. The molecular formula is C16H26FN3. The summed E-state index contributed by atoms with van der Waals surface area (Å²) in [4.78, 5) is 4.75. The van der Waals surface area contributed by atoms with Crippen LogP contribution in [0.3, 0.4) is 0 Å². The molecule has 0 bridgehead atoms. The molecule has 0 saturated carbocycles. The number of likely N-dealkylation sites (N-methyl/N-ethyl adjacent to an activating group) is 1. The van der Waals surface area contributed by atoms with E-state index in [0.29, 0.717) is 11.6 Å². The predicted octanol–water partition coefficient (Wildman–Crippen LogP) is 2.24. The average molecular weight is 279 g/mol. The molecular weight excluding hydrogens is 253 g/mol. The molecule has 1 aliphatic heterocycles. The fourth-order valence-electron chi connectivity index (χ4n) is 2.91. The van der Waals surface area contributed by atoms with Crippen molar-refractivity contribution in [2.45, 2.75) is 31.3 Å². The molecule has 0 spiro atoms. The average Bonchev–Trinajstić information content (AvgIpc) is 2.45. The van der Waals surface area contributed by atoms with Crippen molar-refractivity contribution in [1.29, 1.82) is 0 Å². The highest BCUT2D eigenvalue weighted by Gasteiger charge is 2.22. The van der Waals surface area contributed by atoms with Gasteiger partial charge in [-0.1, -0.05) is 18.2 Å². The molecule has 20 heavy (non-hydrogen) atoms. The third-order valence-electron chi connectivity index (χ3n) is 4.27. The topological polar surface area (TPSA) is 32.5 Å². The van der Waals surface area contributed by atoms with E-state index < -0.39 is 0 Å². The van der Waals surface area contributed by atoms with E-state index in [2.05, 4.69) is 23.9 Å². The number of likely N-dealkylation sites (tertiary alicyclic amines) is 1. The van der Waals surface area contributed by atoms with Crippen molar-refractivity contribution in [2.75, 3.05) is 33.7 Å². The Bertz CT molecular complexity index is 422. The number of hydrogen-bond acceptors (Lipinski definition) is 3. The molecule has 0 aromatic heterocycles. The molecule has 2 atom stereocenters. The van der Waals surface area contributed by atoms with Crippen LogP contribution in [0.1, 0.15) is 30.9 Å². The van der Waals surface area contributed by atoms with E-state index >= 15 is 0 Å². The number of piperidine rings is 1. The van der Waals surface area contributed by atoms with Gasteiger partial charge in [-0.2, -0.15) is 0 Å². The first kappa shape index (κ1) is 15.4. The molecule has 1 fully saturated rings. The maximum Gasteiger partial charge on any atom is 0.127 e. The molecule has 1 aliphatic rings. The second-order valence-corrected chi connectivity index (χ2v) is 5.98. The number of rotatable bonds is 5. The van der Waals surface area contributed by atoms with Crippen molar-refractivity contribution in [3.8, 4) is 0 Å². The normalized spacial score (nSPS) is 22.1. The highest BCUT2D eigenvalue weighted by molar-refractivity contribution is 5.20.